The van der Waals surface area contributed by atoms with Crippen LogP contribution in [0.15, 0.2) is 30.3 Å². The van der Waals surface area contributed by atoms with Gasteiger partial charge in [-0.2, -0.15) is 0 Å². The predicted molar refractivity (Wildman–Crippen MR) is 88.9 cm³/mol. The highest BCUT2D eigenvalue weighted by molar-refractivity contribution is 9.09. The molecular weight excluding hydrogens is 338 g/mol. The van der Waals surface area contributed by atoms with E-state index in [4.69, 9.17) is 0 Å². The molecule has 5 heteroatoms. The average molecular weight is 362 g/mol. The van der Waals surface area contributed by atoms with E-state index in [-0.39, 0.29) is 11.7 Å². The zero-order chi connectivity index (χ0) is 14.8. The van der Waals surface area contributed by atoms with E-state index < -0.39 is 10.0 Å². The summed E-state index contributed by atoms with van der Waals surface area (Å²) >= 11 is 3.39. The quantitative estimate of drug-likeness (QED) is 0.510. The van der Waals surface area contributed by atoms with Crippen molar-refractivity contribution in [1.29, 1.82) is 0 Å². The summed E-state index contributed by atoms with van der Waals surface area (Å²) in [7, 11) is -3.18. The molecule has 1 unspecified atom stereocenters. The Labute approximate surface area is 131 Å². The summed E-state index contributed by atoms with van der Waals surface area (Å²) < 4.78 is 26.7. The predicted octanol–water partition coefficient (Wildman–Crippen LogP) is 3.66. The van der Waals surface area contributed by atoms with Crippen LogP contribution in [0.2, 0.25) is 0 Å². The number of halogens is 1. The second-order valence-corrected chi connectivity index (χ2v) is 7.74. The Bertz CT molecular complexity index is 462. The summed E-state index contributed by atoms with van der Waals surface area (Å²) in [5, 5.41) is 1.02. The van der Waals surface area contributed by atoms with Gasteiger partial charge in [0.15, 0.2) is 0 Å². The summed E-state index contributed by atoms with van der Waals surface area (Å²) in [5.74, 6) is 0.167. The van der Waals surface area contributed by atoms with Crippen LogP contribution in [0.3, 0.4) is 0 Å². The molecule has 0 bridgehead atoms. The highest BCUT2D eigenvalue weighted by Gasteiger charge is 2.16. The molecule has 114 valence electrons. The number of hydrogen-bond donors (Lipinski definition) is 1. The third kappa shape index (κ3) is 7.41. The van der Waals surface area contributed by atoms with Gasteiger partial charge in [-0.1, -0.05) is 66.0 Å². The lowest BCUT2D eigenvalue weighted by molar-refractivity contribution is 0.569. The lowest BCUT2D eigenvalue weighted by Gasteiger charge is -2.13. The van der Waals surface area contributed by atoms with Gasteiger partial charge in [0.1, 0.15) is 0 Å². The fourth-order valence-corrected chi connectivity index (χ4v) is 3.89. The molecule has 0 heterocycles. The smallest absolute Gasteiger partial charge is 0.212 e. The van der Waals surface area contributed by atoms with Gasteiger partial charge in [0.25, 0.3) is 0 Å². The zero-order valence-corrected chi connectivity index (χ0v) is 14.4. The Balaban J connectivity index is 2.31. The minimum atomic E-state index is -3.18. The molecule has 0 aliphatic carbocycles. The minimum absolute atomic E-state index is 0.0158. The molecule has 1 atom stereocenters. The van der Waals surface area contributed by atoms with Gasteiger partial charge in [0, 0.05) is 11.9 Å². The molecule has 0 saturated carbocycles. The molecule has 0 aromatic heterocycles. The fraction of sp³-hybridized carbons (Fsp3) is 0.600. The molecule has 0 saturated heterocycles. The van der Waals surface area contributed by atoms with Crippen LogP contribution < -0.4 is 4.72 Å². The van der Waals surface area contributed by atoms with Crippen LogP contribution in [0.4, 0.5) is 0 Å². The van der Waals surface area contributed by atoms with Crippen molar-refractivity contribution in [2.75, 3.05) is 17.6 Å². The highest BCUT2D eigenvalue weighted by Crippen LogP contribution is 2.16. The Morgan fingerprint density at radius 1 is 1.10 bits per heavy atom. The first-order valence-corrected chi connectivity index (χ1v) is 9.91. The lowest BCUT2D eigenvalue weighted by atomic mass is 10.0. The van der Waals surface area contributed by atoms with Gasteiger partial charge in [-0.05, 0) is 24.3 Å². The van der Waals surface area contributed by atoms with Crippen LogP contribution >= 0.6 is 15.9 Å². The van der Waals surface area contributed by atoms with E-state index in [1.807, 2.05) is 37.3 Å². The second-order valence-electron chi connectivity index (χ2n) is 5.09. The zero-order valence-electron chi connectivity index (χ0n) is 12.0. The van der Waals surface area contributed by atoms with Crippen LogP contribution in [0.5, 0.6) is 0 Å². The first-order valence-electron chi connectivity index (χ1n) is 7.13. The topological polar surface area (TPSA) is 46.2 Å². The van der Waals surface area contributed by atoms with E-state index in [2.05, 4.69) is 20.7 Å². The van der Waals surface area contributed by atoms with Gasteiger partial charge in [0.2, 0.25) is 10.0 Å². The van der Waals surface area contributed by atoms with Crippen LogP contribution in [0.1, 0.15) is 44.1 Å². The molecule has 3 nitrogen and oxygen atoms in total. The maximum atomic E-state index is 12.0. The van der Waals surface area contributed by atoms with Crippen molar-refractivity contribution >= 4 is 26.0 Å². The first kappa shape index (κ1) is 17.7. The molecule has 20 heavy (non-hydrogen) atoms. The van der Waals surface area contributed by atoms with Gasteiger partial charge < -0.3 is 0 Å². The van der Waals surface area contributed by atoms with Crippen LogP contribution in [0, 0.1) is 0 Å². The molecule has 1 aromatic rings. The normalized spacial score (nSPS) is 13.3. The van der Waals surface area contributed by atoms with Crippen molar-refractivity contribution in [3.8, 4) is 0 Å². The maximum Gasteiger partial charge on any atom is 0.212 e. The third-order valence-corrected chi connectivity index (χ3v) is 5.36. The van der Waals surface area contributed by atoms with Crippen molar-refractivity contribution in [2.24, 2.45) is 0 Å². The van der Waals surface area contributed by atoms with Crippen molar-refractivity contribution in [2.45, 2.75) is 38.5 Å². The maximum absolute atomic E-state index is 12.0. The standard InChI is InChI=1S/C15H24BrNO2S/c1-14(15-9-5-4-6-10-15)13-20(18,19)17-12-8-3-2-7-11-16/h4-6,9-10,14,17H,2-3,7-8,11-13H2,1H3. The molecule has 0 fully saturated rings. The van der Waals surface area contributed by atoms with Crippen molar-refractivity contribution in [1.82, 2.24) is 4.72 Å². The number of nitrogens with one attached hydrogen (secondary N) is 1. The summed E-state index contributed by atoms with van der Waals surface area (Å²) in [4.78, 5) is 0. The summed E-state index contributed by atoms with van der Waals surface area (Å²) in [6, 6.07) is 9.77. The molecule has 1 aromatic carbocycles. The van der Waals surface area contributed by atoms with Gasteiger partial charge in [0.05, 0.1) is 5.75 Å². The molecule has 0 radical (unpaired) electrons. The van der Waals surface area contributed by atoms with Crippen LogP contribution in [-0.2, 0) is 10.0 Å². The molecule has 0 aliphatic heterocycles. The monoisotopic (exact) mass is 361 g/mol. The molecule has 1 rings (SSSR count). The first-order chi connectivity index (χ1) is 9.55. The SMILES string of the molecule is CC(CS(=O)(=O)NCCCCCCBr)c1ccccc1. The van der Waals surface area contributed by atoms with E-state index >= 15 is 0 Å². The van der Waals surface area contributed by atoms with Crippen molar-refractivity contribution in [3.63, 3.8) is 0 Å². The van der Waals surface area contributed by atoms with E-state index in [0.717, 1.165) is 36.6 Å². The van der Waals surface area contributed by atoms with E-state index in [9.17, 15) is 8.42 Å². The number of benzene rings is 1. The summed E-state index contributed by atoms with van der Waals surface area (Å²) in [6.07, 6.45) is 4.28. The number of unbranched alkanes of at least 4 members (excludes halogenated alkanes) is 3. The molecular formula is C15H24BrNO2S. The molecule has 0 aliphatic rings. The summed E-state index contributed by atoms with van der Waals surface area (Å²) in [5.41, 5.74) is 1.06. The van der Waals surface area contributed by atoms with E-state index in [0.29, 0.717) is 6.54 Å². The van der Waals surface area contributed by atoms with Gasteiger partial charge >= 0.3 is 0 Å². The van der Waals surface area contributed by atoms with Gasteiger partial charge in [-0.15, -0.1) is 0 Å². The average Bonchev–Trinajstić information content (AvgIpc) is 2.43. The second kappa shape index (κ2) is 9.53. The van der Waals surface area contributed by atoms with Crippen molar-refractivity contribution in [3.05, 3.63) is 35.9 Å². The number of hydrogen-bond acceptors (Lipinski definition) is 2. The largest absolute Gasteiger partial charge is 0.215 e. The highest BCUT2D eigenvalue weighted by atomic mass is 79.9. The fourth-order valence-electron chi connectivity index (χ4n) is 2.07. The Morgan fingerprint density at radius 3 is 2.40 bits per heavy atom. The van der Waals surface area contributed by atoms with E-state index in [1.54, 1.807) is 0 Å². The van der Waals surface area contributed by atoms with Gasteiger partial charge in [-0.25, -0.2) is 13.1 Å². The number of rotatable bonds is 10. The lowest BCUT2D eigenvalue weighted by Crippen LogP contribution is -2.29. The van der Waals surface area contributed by atoms with Crippen LogP contribution in [-0.4, -0.2) is 26.0 Å². The Hall–Kier alpha value is -0.390. The number of sulfonamides is 1. The number of alkyl halides is 1. The molecule has 0 spiro atoms. The van der Waals surface area contributed by atoms with Crippen LogP contribution in [0.25, 0.3) is 0 Å². The van der Waals surface area contributed by atoms with Crippen molar-refractivity contribution < 1.29 is 8.42 Å². The third-order valence-electron chi connectivity index (χ3n) is 3.22. The van der Waals surface area contributed by atoms with E-state index in [1.165, 1.54) is 0 Å². The summed E-state index contributed by atoms with van der Waals surface area (Å²) in [6.45, 7) is 2.50. The van der Waals surface area contributed by atoms with Gasteiger partial charge in [-0.3, -0.25) is 0 Å². The Morgan fingerprint density at radius 2 is 1.75 bits per heavy atom. The Kier molecular flexibility index (Phi) is 8.41. The molecule has 0 amide bonds. The molecule has 1 N–H and O–H groups in total. The minimum Gasteiger partial charge on any atom is -0.215 e.